The third kappa shape index (κ3) is 4.44. The predicted molar refractivity (Wildman–Crippen MR) is 91.6 cm³/mol. The molecule has 0 bridgehead atoms. The monoisotopic (exact) mass is 350 g/mol. The van der Waals surface area contributed by atoms with Crippen molar-refractivity contribution in [1.29, 1.82) is 0 Å². The average Bonchev–Trinajstić information content (AvgIpc) is 2.60. The van der Waals surface area contributed by atoms with Crippen LogP contribution in [0, 0.1) is 10.1 Å². The van der Waals surface area contributed by atoms with Crippen molar-refractivity contribution in [3.8, 4) is 5.75 Å². The minimum absolute atomic E-state index is 0.00135. The zero-order chi connectivity index (χ0) is 18.6. The maximum Gasteiger partial charge on any atom is 0.314 e. The van der Waals surface area contributed by atoms with E-state index in [9.17, 15) is 19.7 Å². The molecule has 0 aromatic heterocycles. The highest BCUT2D eigenvalue weighted by Gasteiger charge is 2.28. The zero-order valence-corrected chi connectivity index (χ0v) is 14.5. The van der Waals surface area contributed by atoms with Crippen molar-refractivity contribution in [2.24, 2.45) is 0 Å². The Morgan fingerprint density at radius 2 is 2.00 bits per heavy atom. The first kappa shape index (κ1) is 18.7. The number of hydrogen-bond acceptors (Lipinski definition) is 6. The molecule has 1 aromatic rings. The number of nitrogens with one attached hydrogen (secondary N) is 1. The lowest BCUT2D eigenvalue weighted by molar-refractivity contribution is -0.384. The van der Waals surface area contributed by atoms with Gasteiger partial charge in [0.2, 0.25) is 0 Å². The van der Waals surface area contributed by atoms with Crippen LogP contribution in [0.25, 0.3) is 0 Å². The molecule has 25 heavy (non-hydrogen) atoms. The summed E-state index contributed by atoms with van der Waals surface area (Å²) in [6.07, 6.45) is 1.60. The molecule has 0 atom stereocenters. The Hall–Kier alpha value is -2.68. The lowest BCUT2D eigenvalue weighted by atomic mass is 10.0. The molecule has 0 unspecified atom stereocenters. The molecular formula is C16H22N4O5. The summed E-state index contributed by atoms with van der Waals surface area (Å²) in [5.74, 6) is -1.28. The maximum atomic E-state index is 12.4. The Morgan fingerprint density at radius 1 is 1.36 bits per heavy atom. The zero-order valence-electron chi connectivity index (χ0n) is 14.5. The molecule has 1 N–H and O–H groups in total. The van der Waals surface area contributed by atoms with Crippen molar-refractivity contribution < 1.29 is 19.2 Å². The molecular weight excluding hydrogens is 328 g/mol. The number of likely N-dealkylation sites (tertiary alicyclic amines) is 1. The number of benzene rings is 1. The van der Waals surface area contributed by atoms with E-state index in [0.717, 1.165) is 25.9 Å². The summed E-state index contributed by atoms with van der Waals surface area (Å²) in [6, 6.07) is 3.81. The second kappa shape index (κ2) is 7.93. The van der Waals surface area contributed by atoms with Crippen LogP contribution in [0.1, 0.15) is 12.8 Å². The Bertz CT molecular complexity index is 670. The van der Waals surface area contributed by atoms with Gasteiger partial charge in [0.1, 0.15) is 5.75 Å². The minimum atomic E-state index is -0.847. The largest absolute Gasteiger partial charge is 0.495 e. The van der Waals surface area contributed by atoms with Gasteiger partial charge in [0.15, 0.2) is 0 Å². The first-order valence-electron chi connectivity index (χ1n) is 7.92. The second-order valence-electron chi connectivity index (χ2n) is 6.05. The van der Waals surface area contributed by atoms with E-state index in [0.29, 0.717) is 0 Å². The lowest BCUT2D eigenvalue weighted by Gasteiger charge is -2.34. The van der Waals surface area contributed by atoms with Crippen LogP contribution < -0.4 is 10.1 Å². The quantitative estimate of drug-likeness (QED) is 0.495. The molecule has 1 aliphatic heterocycles. The molecule has 136 valence electrons. The summed E-state index contributed by atoms with van der Waals surface area (Å²) >= 11 is 0. The number of amides is 2. The molecule has 0 saturated carbocycles. The number of non-ortho nitro benzene ring substituents is 1. The molecule has 1 aromatic carbocycles. The number of rotatable bonds is 4. The fourth-order valence-corrected chi connectivity index (χ4v) is 2.79. The number of ether oxygens (including phenoxy) is 1. The molecule has 0 radical (unpaired) electrons. The molecule has 9 heteroatoms. The molecule has 1 fully saturated rings. The van der Waals surface area contributed by atoms with E-state index in [-0.39, 0.29) is 23.2 Å². The van der Waals surface area contributed by atoms with Gasteiger partial charge in [-0.2, -0.15) is 0 Å². The van der Waals surface area contributed by atoms with Crippen molar-refractivity contribution in [2.45, 2.75) is 18.9 Å². The molecule has 9 nitrogen and oxygen atoms in total. The first-order valence-corrected chi connectivity index (χ1v) is 7.92. The van der Waals surface area contributed by atoms with Crippen LogP contribution in [0.3, 0.4) is 0 Å². The highest BCUT2D eigenvalue weighted by molar-refractivity contribution is 6.39. The summed E-state index contributed by atoms with van der Waals surface area (Å²) in [7, 11) is 4.99. The average molecular weight is 350 g/mol. The van der Waals surface area contributed by atoms with Crippen LogP contribution >= 0.6 is 0 Å². The molecule has 1 aliphatic rings. The van der Waals surface area contributed by atoms with Gasteiger partial charge in [0.05, 0.1) is 17.7 Å². The summed E-state index contributed by atoms with van der Waals surface area (Å²) < 4.78 is 5.08. The van der Waals surface area contributed by atoms with Gasteiger partial charge in [-0.3, -0.25) is 19.7 Å². The van der Waals surface area contributed by atoms with E-state index in [1.807, 2.05) is 7.05 Å². The van der Waals surface area contributed by atoms with Crippen LogP contribution in [0.15, 0.2) is 18.2 Å². The van der Waals surface area contributed by atoms with Gasteiger partial charge in [0.25, 0.3) is 5.69 Å². The molecule has 2 rings (SSSR count). The number of piperidine rings is 1. The van der Waals surface area contributed by atoms with Crippen molar-refractivity contribution in [3.63, 3.8) is 0 Å². The Kier molecular flexibility index (Phi) is 5.92. The van der Waals surface area contributed by atoms with Gasteiger partial charge in [-0.15, -0.1) is 0 Å². The number of likely N-dealkylation sites (N-methyl/N-ethyl adjacent to an activating group) is 1. The van der Waals surface area contributed by atoms with Crippen LogP contribution in [-0.4, -0.2) is 66.9 Å². The van der Waals surface area contributed by atoms with Gasteiger partial charge in [-0.25, -0.2) is 0 Å². The number of methoxy groups -OCH3 is 1. The van der Waals surface area contributed by atoms with Crippen LogP contribution in [0.2, 0.25) is 0 Å². The minimum Gasteiger partial charge on any atom is -0.495 e. The smallest absolute Gasteiger partial charge is 0.314 e. The van der Waals surface area contributed by atoms with Crippen molar-refractivity contribution in [1.82, 2.24) is 9.80 Å². The van der Waals surface area contributed by atoms with Gasteiger partial charge in [-0.05, 0) is 39.0 Å². The van der Waals surface area contributed by atoms with E-state index in [1.165, 1.54) is 30.2 Å². The SMILES string of the molecule is COc1ccc([N+](=O)[O-])cc1NC(=O)C(=O)N(C)C1CCN(C)CC1. The van der Waals surface area contributed by atoms with Gasteiger partial charge in [0, 0.05) is 25.2 Å². The van der Waals surface area contributed by atoms with E-state index in [4.69, 9.17) is 4.74 Å². The Morgan fingerprint density at radius 3 is 2.56 bits per heavy atom. The molecule has 2 amide bonds. The Balaban J connectivity index is 2.09. The van der Waals surface area contributed by atoms with Crippen molar-refractivity contribution in [3.05, 3.63) is 28.3 Å². The maximum absolute atomic E-state index is 12.4. The summed E-state index contributed by atoms with van der Waals surface area (Å²) in [4.78, 5) is 38.6. The topological polar surface area (TPSA) is 105 Å². The third-order valence-corrected chi connectivity index (χ3v) is 4.39. The molecule has 1 saturated heterocycles. The standard InChI is InChI=1S/C16H22N4O5/c1-18-8-6-11(7-9-18)19(2)16(22)15(21)17-13-10-12(20(23)24)4-5-14(13)25-3/h4-5,10-11H,6-9H2,1-3H3,(H,17,21). The number of hydrogen-bond donors (Lipinski definition) is 1. The van der Waals surface area contributed by atoms with Gasteiger partial charge in [-0.1, -0.05) is 0 Å². The van der Waals surface area contributed by atoms with E-state index < -0.39 is 16.7 Å². The number of nitro groups is 1. The van der Waals surface area contributed by atoms with Crippen molar-refractivity contribution in [2.75, 3.05) is 39.6 Å². The number of carbonyl (C=O) groups is 2. The fraction of sp³-hybridized carbons (Fsp3) is 0.500. The molecule has 1 heterocycles. The van der Waals surface area contributed by atoms with E-state index in [1.54, 1.807) is 7.05 Å². The third-order valence-electron chi connectivity index (χ3n) is 4.39. The van der Waals surface area contributed by atoms with Gasteiger partial charge >= 0.3 is 11.8 Å². The number of anilines is 1. The summed E-state index contributed by atoms with van der Waals surface area (Å²) in [5, 5.41) is 13.3. The van der Waals surface area contributed by atoms with Gasteiger partial charge < -0.3 is 19.9 Å². The van der Waals surface area contributed by atoms with Crippen molar-refractivity contribution >= 4 is 23.2 Å². The first-order chi connectivity index (χ1) is 11.8. The van der Waals surface area contributed by atoms with Crippen LogP contribution in [-0.2, 0) is 9.59 Å². The normalized spacial score (nSPS) is 15.5. The van der Waals surface area contributed by atoms with E-state index >= 15 is 0 Å². The number of nitrogens with zero attached hydrogens (tertiary/aromatic N) is 3. The second-order valence-corrected chi connectivity index (χ2v) is 6.05. The predicted octanol–water partition coefficient (Wildman–Crippen LogP) is 1.09. The summed E-state index contributed by atoms with van der Waals surface area (Å²) in [6.45, 7) is 1.73. The number of nitro benzene ring substituents is 1. The summed E-state index contributed by atoms with van der Waals surface area (Å²) in [5.41, 5.74) is -0.112. The highest BCUT2D eigenvalue weighted by Crippen LogP contribution is 2.29. The van der Waals surface area contributed by atoms with Crippen LogP contribution in [0.4, 0.5) is 11.4 Å². The van der Waals surface area contributed by atoms with Crippen LogP contribution in [0.5, 0.6) is 5.75 Å². The Labute approximate surface area is 145 Å². The lowest BCUT2D eigenvalue weighted by Crippen LogP contribution is -2.47. The van der Waals surface area contributed by atoms with E-state index in [2.05, 4.69) is 10.2 Å². The fourth-order valence-electron chi connectivity index (χ4n) is 2.79. The molecule has 0 aliphatic carbocycles. The number of carbonyl (C=O) groups excluding carboxylic acids is 2. The molecule has 0 spiro atoms. The highest BCUT2D eigenvalue weighted by atomic mass is 16.6.